The van der Waals surface area contributed by atoms with Gasteiger partial charge in [0.15, 0.2) is 0 Å². The third-order valence-corrected chi connectivity index (χ3v) is 4.17. The Morgan fingerprint density at radius 2 is 1.91 bits per heavy atom. The highest BCUT2D eigenvalue weighted by molar-refractivity contribution is 7.89. The molecule has 0 aliphatic rings. The molecule has 0 atom stereocenters. The van der Waals surface area contributed by atoms with Crippen LogP contribution >= 0.6 is 12.4 Å². The Bertz CT molecular complexity index is 549. The van der Waals surface area contributed by atoms with Gasteiger partial charge in [-0.25, -0.2) is 13.1 Å². The highest BCUT2D eigenvalue weighted by atomic mass is 35.5. The monoisotopic (exact) mass is 351 g/mol. The average molecular weight is 352 g/mol. The van der Waals surface area contributed by atoms with Crippen LogP contribution in [0.2, 0.25) is 0 Å². The lowest BCUT2D eigenvalue weighted by Gasteiger charge is -2.08. The predicted molar refractivity (Wildman–Crippen MR) is 86.3 cm³/mol. The second kappa shape index (κ2) is 10.5. The molecule has 0 spiro atoms. The minimum absolute atomic E-state index is 0. The van der Waals surface area contributed by atoms with Gasteiger partial charge in [-0.2, -0.15) is 0 Å². The van der Waals surface area contributed by atoms with E-state index in [4.69, 9.17) is 10.5 Å². The lowest BCUT2D eigenvalue weighted by Crippen LogP contribution is -2.27. The van der Waals surface area contributed by atoms with Gasteiger partial charge in [-0.05, 0) is 17.7 Å². The molecule has 1 aromatic rings. The summed E-state index contributed by atoms with van der Waals surface area (Å²) in [6.45, 7) is 1.17. The second-order valence-corrected chi connectivity index (χ2v) is 6.12. The molecule has 0 unspecified atom stereocenters. The Balaban J connectivity index is 0.00000441. The van der Waals surface area contributed by atoms with Crippen molar-refractivity contribution in [1.82, 2.24) is 10.0 Å². The van der Waals surface area contributed by atoms with E-state index in [-0.39, 0.29) is 36.2 Å². The van der Waals surface area contributed by atoms with Crippen LogP contribution in [0.15, 0.2) is 29.2 Å². The number of carbonyl (C=O) groups is 1. The molecule has 0 saturated carbocycles. The lowest BCUT2D eigenvalue weighted by molar-refractivity contribution is -0.121. The van der Waals surface area contributed by atoms with Crippen molar-refractivity contribution in [2.45, 2.75) is 17.9 Å². The van der Waals surface area contributed by atoms with Crippen LogP contribution in [0.25, 0.3) is 0 Å². The summed E-state index contributed by atoms with van der Waals surface area (Å²) in [7, 11) is -2.02. The largest absolute Gasteiger partial charge is 0.383 e. The topological polar surface area (TPSA) is 111 Å². The number of rotatable bonds is 9. The van der Waals surface area contributed by atoms with Crippen LogP contribution in [0.1, 0.15) is 12.0 Å². The van der Waals surface area contributed by atoms with E-state index in [2.05, 4.69) is 10.0 Å². The molecule has 9 heteroatoms. The number of methoxy groups -OCH3 is 1. The Hall–Kier alpha value is -1.19. The molecule has 0 radical (unpaired) electrons. The van der Waals surface area contributed by atoms with Gasteiger partial charge in [0.05, 0.1) is 11.5 Å². The molecule has 0 fully saturated rings. The maximum absolute atomic E-state index is 11.9. The van der Waals surface area contributed by atoms with E-state index in [0.29, 0.717) is 19.7 Å². The highest BCUT2D eigenvalue weighted by Gasteiger charge is 2.12. The number of nitrogens with one attached hydrogen (secondary N) is 2. The van der Waals surface area contributed by atoms with Crippen molar-refractivity contribution in [1.29, 1.82) is 0 Å². The summed E-state index contributed by atoms with van der Waals surface area (Å²) in [6, 6.07) is 6.32. The number of halogens is 1. The van der Waals surface area contributed by atoms with Crippen molar-refractivity contribution in [3.05, 3.63) is 29.8 Å². The molecule has 4 N–H and O–H groups in total. The van der Waals surface area contributed by atoms with Gasteiger partial charge in [0.1, 0.15) is 0 Å². The van der Waals surface area contributed by atoms with Crippen molar-refractivity contribution in [3.8, 4) is 0 Å². The molecule has 0 aliphatic carbocycles. The van der Waals surface area contributed by atoms with E-state index in [1.54, 1.807) is 12.1 Å². The summed E-state index contributed by atoms with van der Waals surface area (Å²) in [6.07, 6.45) is 0.274. The van der Waals surface area contributed by atoms with Crippen molar-refractivity contribution in [3.63, 3.8) is 0 Å². The third kappa shape index (κ3) is 7.19. The summed E-state index contributed by atoms with van der Waals surface area (Å²) < 4.78 is 31.1. The number of hydrogen-bond acceptors (Lipinski definition) is 5. The highest BCUT2D eigenvalue weighted by Crippen LogP contribution is 2.10. The Morgan fingerprint density at radius 3 is 2.45 bits per heavy atom. The standard InChI is InChI=1S/C13H21N3O4S.ClH/c1-20-9-8-16-21(18,19)12-4-2-11(3-5-12)10-15-13(17)6-7-14;/h2-5,16H,6-10,14H2,1H3,(H,15,17);1H. The molecule has 0 aromatic heterocycles. The molecule has 0 bridgehead atoms. The molecular weight excluding hydrogens is 330 g/mol. The van der Waals surface area contributed by atoms with Crippen LogP contribution in [-0.2, 0) is 26.1 Å². The van der Waals surface area contributed by atoms with E-state index < -0.39 is 10.0 Å². The molecule has 1 aromatic carbocycles. The number of hydrogen-bond donors (Lipinski definition) is 3. The van der Waals surface area contributed by atoms with Crippen molar-refractivity contribution >= 4 is 28.3 Å². The Kier molecular flexibility index (Phi) is 9.95. The molecular formula is C13H22ClN3O4S. The van der Waals surface area contributed by atoms with Crippen molar-refractivity contribution in [2.24, 2.45) is 5.73 Å². The van der Waals surface area contributed by atoms with E-state index in [9.17, 15) is 13.2 Å². The molecule has 1 amide bonds. The van der Waals surface area contributed by atoms with Crippen LogP contribution in [0, 0.1) is 0 Å². The fraction of sp³-hybridized carbons (Fsp3) is 0.462. The first-order valence-corrected chi connectivity index (χ1v) is 8.02. The zero-order valence-corrected chi connectivity index (χ0v) is 14.0. The first-order valence-electron chi connectivity index (χ1n) is 6.54. The molecule has 0 aliphatic heterocycles. The molecule has 7 nitrogen and oxygen atoms in total. The average Bonchev–Trinajstić information content (AvgIpc) is 2.46. The minimum atomic E-state index is -3.52. The number of nitrogens with two attached hydrogens (primary N) is 1. The predicted octanol–water partition coefficient (Wildman–Crippen LogP) is -0.00190. The van der Waals surface area contributed by atoms with Crippen LogP contribution in [0.5, 0.6) is 0 Å². The number of carbonyl (C=O) groups excluding carboxylic acids is 1. The first-order chi connectivity index (χ1) is 9.99. The van der Waals surface area contributed by atoms with Crippen molar-refractivity contribution < 1.29 is 17.9 Å². The zero-order chi connectivity index (χ0) is 15.7. The van der Waals surface area contributed by atoms with Gasteiger partial charge in [0.25, 0.3) is 0 Å². The van der Waals surface area contributed by atoms with Crippen LogP contribution < -0.4 is 15.8 Å². The quantitative estimate of drug-likeness (QED) is 0.542. The Morgan fingerprint density at radius 1 is 1.27 bits per heavy atom. The molecule has 0 saturated heterocycles. The summed E-state index contributed by atoms with van der Waals surface area (Å²) in [5, 5.41) is 2.70. The SMILES string of the molecule is COCCNS(=O)(=O)c1ccc(CNC(=O)CCN)cc1.Cl. The zero-order valence-electron chi connectivity index (χ0n) is 12.4. The maximum atomic E-state index is 11.9. The number of benzene rings is 1. The number of sulfonamides is 1. The van der Waals surface area contributed by atoms with Gasteiger partial charge in [-0.3, -0.25) is 4.79 Å². The molecule has 1 rings (SSSR count). The van der Waals surface area contributed by atoms with Crippen molar-refractivity contribution in [2.75, 3.05) is 26.8 Å². The summed E-state index contributed by atoms with van der Waals surface area (Å²) >= 11 is 0. The summed E-state index contributed by atoms with van der Waals surface area (Å²) in [4.78, 5) is 11.5. The Labute approximate surface area is 137 Å². The maximum Gasteiger partial charge on any atom is 0.240 e. The smallest absolute Gasteiger partial charge is 0.240 e. The minimum Gasteiger partial charge on any atom is -0.383 e. The second-order valence-electron chi connectivity index (χ2n) is 4.35. The van der Waals surface area contributed by atoms with E-state index >= 15 is 0 Å². The number of amides is 1. The van der Waals surface area contributed by atoms with Gasteiger partial charge in [0, 0.05) is 33.2 Å². The summed E-state index contributed by atoms with van der Waals surface area (Å²) in [5.74, 6) is -0.129. The lowest BCUT2D eigenvalue weighted by atomic mass is 10.2. The normalized spacial score (nSPS) is 10.8. The summed E-state index contributed by atoms with van der Waals surface area (Å²) in [5.41, 5.74) is 6.09. The van der Waals surface area contributed by atoms with E-state index in [1.807, 2.05) is 0 Å². The van der Waals surface area contributed by atoms with Gasteiger partial charge < -0.3 is 15.8 Å². The van der Waals surface area contributed by atoms with Crippen LogP contribution in [0.3, 0.4) is 0 Å². The van der Waals surface area contributed by atoms with Gasteiger partial charge in [-0.1, -0.05) is 12.1 Å². The van der Waals surface area contributed by atoms with Gasteiger partial charge in [0.2, 0.25) is 15.9 Å². The molecule has 22 heavy (non-hydrogen) atoms. The third-order valence-electron chi connectivity index (χ3n) is 2.69. The molecule has 126 valence electrons. The van der Waals surface area contributed by atoms with E-state index in [0.717, 1.165) is 5.56 Å². The van der Waals surface area contributed by atoms with Crippen LogP contribution in [0.4, 0.5) is 0 Å². The van der Waals surface area contributed by atoms with Gasteiger partial charge >= 0.3 is 0 Å². The van der Waals surface area contributed by atoms with Gasteiger partial charge in [-0.15, -0.1) is 12.4 Å². The van der Waals surface area contributed by atoms with Crippen LogP contribution in [-0.4, -0.2) is 41.1 Å². The van der Waals surface area contributed by atoms with E-state index in [1.165, 1.54) is 19.2 Å². The fourth-order valence-electron chi connectivity index (χ4n) is 1.57. The fourth-order valence-corrected chi connectivity index (χ4v) is 2.58. The number of ether oxygens (including phenoxy) is 1. The first kappa shape index (κ1) is 20.8. The molecule has 0 heterocycles.